The summed E-state index contributed by atoms with van der Waals surface area (Å²) in [6.07, 6.45) is 0. The van der Waals surface area contributed by atoms with Crippen LogP contribution in [0.2, 0.25) is 10.0 Å². The summed E-state index contributed by atoms with van der Waals surface area (Å²) in [5, 5.41) is 6.62. The Bertz CT molecular complexity index is 475. The highest BCUT2D eigenvalue weighted by atomic mass is 35.5. The van der Waals surface area contributed by atoms with Gasteiger partial charge in [-0.3, -0.25) is 4.79 Å². The van der Waals surface area contributed by atoms with Gasteiger partial charge in [0.1, 0.15) is 5.75 Å². The molecule has 0 bridgehead atoms. The third-order valence-electron chi connectivity index (χ3n) is 1.85. The van der Waals surface area contributed by atoms with E-state index in [1.54, 1.807) is 12.1 Å². The number of nitrogens with zero attached hydrogens (tertiary/aromatic N) is 3. The second-order valence-electron chi connectivity index (χ2n) is 3.17. The first-order valence-corrected chi connectivity index (χ1v) is 5.74. The highest BCUT2D eigenvalue weighted by Crippen LogP contribution is 2.27. The highest BCUT2D eigenvalue weighted by molar-refractivity contribution is 6.35. The Labute approximate surface area is 113 Å². The molecule has 1 rings (SSSR count). The van der Waals surface area contributed by atoms with Gasteiger partial charge in [-0.25, -0.2) is 0 Å². The van der Waals surface area contributed by atoms with Gasteiger partial charge in [-0.1, -0.05) is 28.3 Å². The van der Waals surface area contributed by atoms with E-state index in [-0.39, 0.29) is 25.6 Å². The van der Waals surface area contributed by atoms with Gasteiger partial charge in [0, 0.05) is 23.0 Å². The molecule has 1 N–H and O–H groups in total. The fraction of sp³-hybridized carbons (Fsp3) is 0.300. The van der Waals surface area contributed by atoms with Crippen molar-refractivity contribution in [2.24, 2.45) is 5.11 Å². The van der Waals surface area contributed by atoms with Gasteiger partial charge < -0.3 is 10.1 Å². The van der Waals surface area contributed by atoms with E-state index in [4.69, 9.17) is 33.5 Å². The third-order valence-corrected chi connectivity index (χ3v) is 2.38. The minimum atomic E-state index is -0.325. The van der Waals surface area contributed by atoms with E-state index in [0.29, 0.717) is 15.8 Å². The van der Waals surface area contributed by atoms with Crippen LogP contribution in [0.3, 0.4) is 0 Å². The maximum atomic E-state index is 11.3. The fourth-order valence-corrected chi connectivity index (χ4v) is 1.54. The Balaban J connectivity index is 2.35. The lowest BCUT2D eigenvalue weighted by Gasteiger charge is -2.08. The number of azide groups is 1. The molecule has 0 saturated heterocycles. The smallest absolute Gasteiger partial charge is 0.257 e. The highest BCUT2D eigenvalue weighted by Gasteiger charge is 2.05. The summed E-state index contributed by atoms with van der Waals surface area (Å²) in [5.41, 5.74) is 8.03. The van der Waals surface area contributed by atoms with Crippen LogP contribution in [0.4, 0.5) is 0 Å². The number of hydrogen-bond acceptors (Lipinski definition) is 3. The molecule has 1 amide bonds. The van der Waals surface area contributed by atoms with Crippen molar-refractivity contribution in [3.63, 3.8) is 0 Å². The van der Waals surface area contributed by atoms with Crippen LogP contribution in [0.15, 0.2) is 23.3 Å². The van der Waals surface area contributed by atoms with Crippen molar-refractivity contribution >= 4 is 29.1 Å². The molecule has 6 nitrogen and oxygen atoms in total. The first kappa shape index (κ1) is 14.4. The Hall–Kier alpha value is -1.62. The van der Waals surface area contributed by atoms with Gasteiger partial charge in [0.2, 0.25) is 0 Å². The van der Waals surface area contributed by atoms with Crippen LogP contribution in [0.5, 0.6) is 5.75 Å². The third kappa shape index (κ3) is 5.14. The number of carbonyl (C=O) groups is 1. The van der Waals surface area contributed by atoms with E-state index in [2.05, 4.69) is 15.3 Å². The van der Waals surface area contributed by atoms with Gasteiger partial charge in [-0.05, 0) is 23.7 Å². The lowest BCUT2D eigenvalue weighted by molar-refractivity contribution is -0.123. The molecule has 96 valence electrons. The van der Waals surface area contributed by atoms with E-state index in [0.717, 1.165) is 0 Å². The molecular formula is C10H10Cl2N4O2. The molecule has 0 atom stereocenters. The number of ether oxygens (including phenoxy) is 1. The molecule has 0 aliphatic heterocycles. The van der Waals surface area contributed by atoms with Crippen molar-refractivity contribution in [2.45, 2.75) is 0 Å². The summed E-state index contributed by atoms with van der Waals surface area (Å²) < 4.78 is 5.20. The molecule has 1 aromatic carbocycles. The van der Waals surface area contributed by atoms with Crippen molar-refractivity contribution < 1.29 is 9.53 Å². The van der Waals surface area contributed by atoms with Gasteiger partial charge >= 0.3 is 0 Å². The summed E-state index contributed by atoms with van der Waals surface area (Å²) >= 11 is 11.6. The number of hydrogen-bond donors (Lipinski definition) is 1. The molecule has 1 aromatic rings. The predicted molar refractivity (Wildman–Crippen MR) is 69.0 cm³/mol. The quantitative estimate of drug-likeness (QED) is 0.378. The van der Waals surface area contributed by atoms with Crippen molar-refractivity contribution in [3.05, 3.63) is 38.7 Å². The Morgan fingerprint density at radius 3 is 2.94 bits per heavy atom. The normalized spacial score (nSPS) is 9.44. The van der Waals surface area contributed by atoms with E-state index in [1.807, 2.05) is 0 Å². The maximum Gasteiger partial charge on any atom is 0.257 e. The summed E-state index contributed by atoms with van der Waals surface area (Å²) in [4.78, 5) is 13.9. The van der Waals surface area contributed by atoms with E-state index < -0.39 is 0 Å². The summed E-state index contributed by atoms with van der Waals surface area (Å²) in [6.45, 7) is 0.294. The number of halogens is 2. The van der Waals surface area contributed by atoms with Crippen LogP contribution in [-0.4, -0.2) is 25.6 Å². The number of benzene rings is 1. The average molecular weight is 289 g/mol. The van der Waals surface area contributed by atoms with Crippen molar-refractivity contribution in [2.75, 3.05) is 19.7 Å². The average Bonchev–Trinajstić information content (AvgIpc) is 2.33. The van der Waals surface area contributed by atoms with Crippen LogP contribution in [0.1, 0.15) is 0 Å². The molecule has 0 aliphatic carbocycles. The molecule has 8 heteroatoms. The van der Waals surface area contributed by atoms with Crippen molar-refractivity contribution in [1.82, 2.24) is 5.32 Å². The van der Waals surface area contributed by atoms with Crippen molar-refractivity contribution in [3.8, 4) is 5.75 Å². The van der Waals surface area contributed by atoms with Gasteiger partial charge in [-0.15, -0.1) is 0 Å². The lowest BCUT2D eigenvalue weighted by Crippen LogP contribution is -2.30. The summed E-state index contributed by atoms with van der Waals surface area (Å²) in [7, 11) is 0. The van der Waals surface area contributed by atoms with Crippen LogP contribution in [0, 0.1) is 0 Å². The molecule has 0 fully saturated rings. The fourth-order valence-electron chi connectivity index (χ4n) is 1.08. The van der Waals surface area contributed by atoms with Gasteiger partial charge in [-0.2, -0.15) is 0 Å². The minimum Gasteiger partial charge on any atom is -0.482 e. The van der Waals surface area contributed by atoms with Crippen LogP contribution < -0.4 is 10.1 Å². The number of rotatable bonds is 6. The zero-order valence-corrected chi connectivity index (χ0v) is 10.8. The van der Waals surface area contributed by atoms with E-state index in [1.165, 1.54) is 6.07 Å². The zero-order chi connectivity index (χ0) is 13.4. The standard InChI is InChI=1S/C10H10Cl2N4O2/c11-7-1-2-9(8(12)5-7)18-6-10(17)14-3-4-15-16-13/h1-2,5H,3-4,6H2,(H,14,17). The van der Waals surface area contributed by atoms with E-state index >= 15 is 0 Å². The van der Waals surface area contributed by atoms with Crippen LogP contribution >= 0.6 is 23.2 Å². The lowest BCUT2D eigenvalue weighted by atomic mass is 10.3. The molecule has 0 spiro atoms. The SMILES string of the molecule is [N-]=[N+]=NCCNC(=O)COc1ccc(Cl)cc1Cl. The van der Waals surface area contributed by atoms with E-state index in [9.17, 15) is 4.79 Å². The predicted octanol–water partition coefficient (Wildman–Crippen LogP) is 2.80. The Morgan fingerprint density at radius 2 is 2.28 bits per heavy atom. The summed E-state index contributed by atoms with van der Waals surface area (Å²) in [5.74, 6) is 0.0559. The van der Waals surface area contributed by atoms with Gasteiger partial charge in [0.25, 0.3) is 5.91 Å². The van der Waals surface area contributed by atoms with Gasteiger partial charge in [0.15, 0.2) is 6.61 Å². The summed E-state index contributed by atoms with van der Waals surface area (Å²) in [6, 6.07) is 4.72. The van der Waals surface area contributed by atoms with Crippen LogP contribution in [0.25, 0.3) is 10.4 Å². The topological polar surface area (TPSA) is 87.1 Å². The largest absolute Gasteiger partial charge is 0.482 e. The maximum absolute atomic E-state index is 11.3. The molecule has 0 radical (unpaired) electrons. The number of nitrogens with one attached hydrogen (secondary N) is 1. The van der Waals surface area contributed by atoms with Crippen LogP contribution in [-0.2, 0) is 4.79 Å². The molecule has 18 heavy (non-hydrogen) atoms. The monoisotopic (exact) mass is 288 g/mol. The minimum absolute atomic E-state index is 0.169. The zero-order valence-electron chi connectivity index (χ0n) is 9.27. The molecule has 0 unspecified atom stereocenters. The molecule has 0 saturated carbocycles. The second kappa shape index (κ2) is 7.66. The number of carbonyl (C=O) groups excluding carboxylic acids is 1. The number of amides is 1. The molecule has 0 aliphatic rings. The first-order valence-electron chi connectivity index (χ1n) is 4.99. The van der Waals surface area contributed by atoms with Gasteiger partial charge in [0.05, 0.1) is 5.02 Å². The molecule has 0 aromatic heterocycles. The second-order valence-corrected chi connectivity index (χ2v) is 4.01. The van der Waals surface area contributed by atoms with Crippen molar-refractivity contribution in [1.29, 1.82) is 0 Å². The molecule has 0 heterocycles. The Morgan fingerprint density at radius 1 is 1.50 bits per heavy atom. The molecular weight excluding hydrogens is 279 g/mol. The first-order chi connectivity index (χ1) is 8.63. The Kier molecular flexibility index (Phi) is 6.14.